The fourth-order valence-corrected chi connectivity index (χ4v) is 1.69. The fraction of sp³-hybridized carbons (Fsp3) is 0.833. The Kier molecular flexibility index (Phi) is 4.70. The van der Waals surface area contributed by atoms with E-state index in [9.17, 15) is 26.4 Å². The van der Waals surface area contributed by atoms with Crippen LogP contribution >= 0.6 is 0 Å². The highest BCUT2D eigenvalue weighted by molar-refractivity contribution is 7.87. The molecule has 16 heavy (non-hydrogen) atoms. The van der Waals surface area contributed by atoms with Crippen LogP contribution < -0.4 is 4.72 Å². The van der Waals surface area contributed by atoms with Gasteiger partial charge in [0.1, 0.15) is 12.6 Å². The molecule has 0 fully saturated rings. The molecule has 0 aromatic heterocycles. The lowest BCUT2D eigenvalue weighted by Gasteiger charge is -2.21. The van der Waals surface area contributed by atoms with Crippen molar-refractivity contribution in [3.63, 3.8) is 0 Å². The molecule has 0 spiro atoms. The summed E-state index contributed by atoms with van der Waals surface area (Å²) in [4.78, 5) is 10.4. The zero-order valence-corrected chi connectivity index (χ0v) is 9.26. The Hall–Kier alpha value is -0.870. The quantitative estimate of drug-likeness (QED) is 0.719. The molecule has 96 valence electrons. The monoisotopic (exact) mass is 264 g/mol. The van der Waals surface area contributed by atoms with E-state index in [2.05, 4.69) is 0 Å². The van der Waals surface area contributed by atoms with E-state index in [1.807, 2.05) is 0 Å². The third-order valence-electron chi connectivity index (χ3n) is 1.74. The van der Waals surface area contributed by atoms with Crippen LogP contribution in [0.2, 0.25) is 0 Å². The maximum absolute atomic E-state index is 11.7. The van der Waals surface area contributed by atoms with E-state index in [4.69, 9.17) is 5.11 Å². The first-order valence-corrected chi connectivity index (χ1v) is 5.43. The normalized spacial score (nSPS) is 15.1. The molecule has 2 N–H and O–H groups in total. The maximum atomic E-state index is 11.7. The van der Waals surface area contributed by atoms with Crippen LogP contribution in [-0.2, 0) is 15.0 Å². The van der Waals surface area contributed by atoms with Gasteiger partial charge >= 0.3 is 12.1 Å². The molecule has 1 unspecified atom stereocenters. The molecule has 0 heterocycles. The van der Waals surface area contributed by atoms with Gasteiger partial charge < -0.3 is 5.11 Å². The number of carbonyl (C=O) groups is 1. The van der Waals surface area contributed by atoms with Gasteiger partial charge in [0.2, 0.25) is 0 Å². The van der Waals surface area contributed by atoms with Crippen LogP contribution in [0, 0.1) is 0 Å². The molecular formula is C6H11F3N2O4S. The number of alkyl halides is 3. The van der Waals surface area contributed by atoms with Crippen molar-refractivity contribution < 1.29 is 31.5 Å². The lowest BCUT2D eigenvalue weighted by Crippen LogP contribution is -2.48. The number of nitrogens with one attached hydrogen (secondary N) is 1. The average Bonchev–Trinajstić information content (AvgIpc) is 2.11. The van der Waals surface area contributed by atoms with E-state index in [1.165, 1.54) is 4.72 Å². The highest BCUT2D eigenvalue weighted by atomic mass is 32.2. The minimum atomic E-state index is -4.69. The largest absolute Gasteiger partial charge is 0.480 e. The van der Waals surface area contributed by atoms with Crippen molar-refractivity contribution in [1.82, 2.24) is 9.03 Å². The van der Waals surface area contributed by atoms with Crippen molar-refractivity contribution >= 4 is 16.2 Å². The van der Waals surface area contributed by atoms with Crippen LogP contribution in [0.1, 0.15) is 6.92 Å². The van der Waals surface area contributed by atoms with Crippen LogP contribution in [0.25, 0.3) is 0 Å². The van der Waals surface area contributed by atoms with Crippen molar-refractivity contribution in [3.8, 4) is 0 Å². The van der Waals surface area contributed by atoms with E-state index in [-0.39, 0.29) is 0 Å². The van der Waals surface area contributed by atoms with E-state index in [0.717, 1.165) is 14.0 Å². The summed E-state index contributed by atoms with van der Waals surface area (Å²) in [6.07, 6.45) is -4.69. The summed E-state index contributed by atoms with van der Waals surface area (Å²) in [5.74, 6) is -1.46. The predicted octanol–water partition coefficient (Wildman–Crippen LogP) is -0.212. The minimum absolute atomic E-state index is 0.307. The zero-order valence-electron chi connectivity index (χ0n) is 8.45. The summed E-state index contributed by atoms with van der Waals surface area (Å²) in [5.41, 5.74) is 0. The molecule has 0 amide bonds. The third kappa shape index (κ3) is 4.77. The molecule has 0 aliphatic carbocycles. The molecule has 10 heteroatoms. The Morgan fingerprint density at radius 1 is 1.50 bits per heavy atom. The van der Waals surface area contributed by atoms with Gasteiger partial charge in [0.25, 0.3) is 10.2 Å². The lowest BCUT2D eigenvalue weighted by molar-refractivity contribution is -0.140. The molecule has 0 bridgehead atoms. The van der Waals surface area contributed by atoms with E-state index >= 15 is 0 Å². The van der Waals surface area contributed by atoms with Crippen LogP contribution in [0.4, 0.5) is 13.2 Å². The van der Waals surface area contributed by atoms with Gasteiger partial charge in [-0.15, -0.1) is 0 Å². The first kappa shape index (κ1) is 15.1. The second-order valence-electron chi connectivity index (χ2n) is 2.97. The van der Waals surface area contributed by atoms with Gasteiger partial charge in [0, 0.05) is 7.05 Å². The SMILES string of the molecule is CC(C(=O)O)N(C)S(=O)(=O)NCC(F)(F)F. The van der Waals surface area contributed by atoms with Gasteiger partial charge in [-0.05, 0) is 6.92 Å². The Morgan fingerprint density at radius 2 is 1.94 bits per heavy atom. The van der Waals surface area contributed by atoms with Crippen molar-refractivity contribution in [1.29, 1.82) is 0 Å². The number of aliphatic carboxylic acids is 1. The number of carboxylic acid groups (broad SMARTS) is 1. The lowest BCUT2D eigenvalue weighted by atomic mass is 10.4. The summed E-state index contributed by atoms with van der Waals surface area (Å²) in [6.45, 7) is -0.707. The minimum Gasteiger partial charge on any atom is -0.480 e. The highest BCUT2D eigenvalue weighted by Gasteiger charge is 2.33. The smallest absolute Gasteiger partial charge is 0.402 e. The van der Waals surface area contributed by atoms with Crippen molar-refractivity contribution in [2.45, 2.75) is 19.1 Å². The molecule has 1 atom stereocenters. The Balaban J connectivity index is 4.62. The Labute approximate surface area is 90.2 Å². The van der Waals surface area contributed by atoms with E-state index in [1.54, 1.807) is 0 Å². The van der Waals surface area contributed by atoms with Gasteiger partial charge in [-0.1, -0.05) is 0 Å². The number of halogens is 3. The van der Waals surface area contributed by atoms with Gasteiger partial charge in [-0.2, -0.15) is 30.6 Å². The van der Waals surface area contributed by atoms with E-state index < -0.39 is 34.9 Å². The number of hydrogen-bond donors (Lipinski definition) is 2. The summed E-state index contributed by atoms with van der Waals surface area (Å²) < 4.78 is 59.1. The van der Waals surface area contributed by atoms with Crippen LogP contribution in [-0.4, -0.2) is 49.6 Å². The molecule has 0 radical (unpaired) electrons. The predicted molar refractivity (Wildman–Crippen MR) is 47.8 cm³/mol. The topological polar surface area (TPSA) is 86.7 Å². The number of nitrogens with zero attached hydrogens (tertiary/aromatic N) is 1. The molecule has 6 nitrogen and oxygen atoms in total. The van der Waals surface area contributed by atoms with Crippen molar-refractivity contribution in [2.75, 3.05) is 13.6 Å². The number of likely N-dealkylation sites (N-methyl/N-ethyl adjacent to an activating group) is 1. The standard InChI is InChI=1S/C6H11F3N2O4S/c1-4(5(12)13)11(2)16(14,15)10-3-6(7,8)9/h4,10H,3H2,1-2H3,(H,12,13). The van der Waals surface area contributed by atoms with Gasteiger partial charge in [0.15, 0.2) is 0 Å². The van der Waals surface area contributed by atoms with Crippen molar-refractivity contribution in [3.05, 3.63) is 0 Å². The molecule has 0 saturated heterocycles. The first-order valence-electron chi connectivity index (χ1n) is 3.99. The van der Waals surface area contributed by atoms with Crippen LogP contribution in [0.5, 0.6) is 0 Å². The molecule has 0 aliphatic heterocycles. The Bertz CT molecular complexity index is 353. The molecular weight excluding hydrogens is 253 g/mol. The summed E-state index contributed by atoms with van der Waals surface area (Å²) >= 11 is 0. The maximum Gasteiger partial charge on any atom is 0.402 e. The van der Waals surface area contributed by atoms with Gasteiger partial charge in [-0.25, -0.2) is 0 Å². The molecule has 0 aromatic carbocycles. The fourth-order valence-electron chi connectivity index (χ4n) is 0.639. The summed E-state index contributed by atoms with van der Waals surface area (Å²) in [5, 5.41) is 8.49. The number of hydrogen-bond acceptors (Lipinski definition) is 3. The molecule has 0 saturated carbocycles. The molecule has 0 rings (SSSR count). The number of carboxylic acids is 1. The van der Waals surface area contributed by atoms with Crippen molar-refractivity contribution in [2.24, 2.45) is 0 Å². The van der Waals surface area contributed by atoms with Gasteiger partial charge in [-0.3, -0.25) is 4.79 Å². The third-order valence-corrected chi connectivity index (χ3v) is 3.32. The summed E-state index contributed by atoms with van der Waals surface area (Å²) in [6, 6.07) is -1.45. The molecule has 0 aliphatic rings. The second kappa shape index (κ2) is 4.97. The number of rotatable bonds is 5. The van der Waals surface area contributed by atoms with Crippen LogP contribution in [0.15, 0.2) is 0 Å². The van der Waals surface area contributed by atoms with Gasteiger partial charge in [0.05, 0.1) is 0 Å². The average molecular weight is 264 g/mol. The first-order chi connectivity index (χ1) is 6.97. The van der Waals surface area contributed by atoms with Crippen LogP contribution in [0.3, 0.4) is 0 Å². The Morgan fingerprint density at radius 3 is 2.25 bits per heavy atom. The molecule has 0 aromatic rings. The second-order valence-corrected chi connectivity index (χ2v) is 4.79. The summed E-state index contributed by atoms with van der Waals surface area (Å²) in [7, 11) is -3.58. The van der Waals surface area contributed by atoms with E-state index in [0.29, 0.717) is 4.31 Å². The zero-order chi connectivity index (χ0) is 13.1. The highest BCUT2D eigenvalue weighted by Crippen LogP contribution is 2.13.